The largest absolute Gasteiger partial charge is 0.460 e. The molecule has 0 bridgehead atoms. The van der Waals surface area contributed by atoms with Gasteiger partial charge in [0, 0.05) is 18.8 Å². The number of anilines is 1. The molecule has 25 heavy (non-hydrogen) atoms. The molecule has 0 saturated carbocycles. The van der Waals surface area contributed by atoms with Gasteiger partial charge in [0.25, 0.3) is 0 Å². The van der Waals surface area contributed by atoms with E-state index in [2.05, 4.69) is 26.1 Å². The number of carbonyl (C=O) groups excluding carboxylic acids is 1. The summed E-state index contributed by atoms with van der Waals surface area (Å²) in [7, 11) is -1.01. The molecule has 0 heterocycles. The second-order valence-electron chi connectivity index (χ2n) is 6.50. The average Bonchev–Trinajstić information content (AvgIpc) is 2.66. The second kappa shape index (κ2) is 12.1. The molecule has 0 radical (unpaired) electrons. The van der Waals surface area contributed by atoms with Gasteiger partial charge in [0.2, 0.25) is 0 Å². The third-order valence-corrected chi connectivity index (χ3v) is 11.2. The summed E-state index contributed by atoms with van der Waals surface area (Å²) in [6.45, 7) is 11.4. The lowest BCUT2D eigenvalue weighted by atomic mass is 10.2. The van der Waals surface area contributed by atoms with Crippen LogP contribution >= 0.6 is 0 Å². The zero-order chi connectivity index (χ0) is 18.5. The van der Waals surface area contributed by atoms with E-state index in [1.54, 1.807) is 0 Å². The molecule has 0 aromatic heterocycles. The number of ether oxygens (including phenoxy) is 2. The zero-order valence-corrected chi connectivity index (χ0v) is 17.4. The van der Waals surface area contributed by atoms with Crippen LogP contribution in [-0.4, -0.2) is 40.4 Å². The molecular formula is C20H35NO3Si. The zero-order valence-electron chi connectivity index (χ0n) is 16.4. The van der Waals surface area contributed by atoms with Crippen LogP contribution in [0.5, 0.6) is 0 Å². The first-order valence-corrected chi connectivity index (χ1v) is 12.5. The fraction of sp³-hybridized carbons (Fsp3) is 0.650. The summed E-state index contributed by atoms with van der Waals surface area (Å²) in [4.78, 5) is 11.9. The van der Waals surface area contributed by atoms with Crippen molar-refractivity contribution in [3.63, 3.8) is 0 Å². The smallest absolute Gasteiger partial charge is 0.338 e. The molecule has 142 valence electrons. The molecule has 5 heteroatoms. The minimum Gasteiger partial charge on any atom is -0.460 e. The van der Waals surface area contributed by atoms with Gasteiger partial charge < -0.3 is 14.8 Å². The van der Waals surface area contributed by atoms with Gasteiger partial charge in [-0.3, -0.25) is 0 Å². The first-order valence-electron chi connectivity index (χ1n) is 9.69. The molecule has 0 spiro atoms. The van der Waals surface area contributed by atoms with Gasteiger partial charge in [-0.15, -0.1) is 0 Å². The van der Waals surface area contributed by atoms with Crippen molar-refractivity contribution in [2.45, 2.75) is 58.3 Å². The van der Waals surface area contributed by atoms with Crippen molar-refractivity contribution in [2.75, 3.05) is 31.7 Å². The van der Waals surface area contributed by atoms with Crippen LogP contribution in [0.1, 0.15) is 44.5 Å². The Morgan fingerprint density at radius 1 is 1.00 bits per heavy atom. The Kier molecular flexibility index (Phi) is 10.5. The van der Waals surface area contributed by atoms with Crippen molar-refractivity contribution in [3.05, 3.63) is 29.8 Å². The lowest BCUT2D eigenvalue weighted by Gasteiger charge is -2.28. The fourth-order valence-corrected chi connectivity index (χ4v) is 6.61. The number of nitrogens with one attached hydrogen (secondary N) is 1. The topological polar surface area (TPSA) is 47.6 Å². The number of carbonyl (C=O) groups is 1. The molecule has 0 fully saturated rings. The van der Waals surface area contributed by atoms with Crippen molar-refractivity contribution in [1.82, 2.24) is 0 Å². The van der Waals surface area contributed by atoms with Crippen LogP contribution in [0, 0.1) is 0 Å². The lowest BCUT2D eigenvalue weighted by Crippen LogP contribution is -2.31. The van der Waals surface area contributed by atoms with E-state index in [9.17, 15) is 4.79 Å². The average molecular weight is 366 g/mol. The number of benzene rings is 1. The quantitative estimate of drug-likeness (QED) is 0.297. The van der Waals surface area contributed by atoms with E-state index in [0.717, 1.165) is 12.2 Å². The van der Waals surface area contributed by atoms with Gasteiger partial charge in [-0.05, 0) is 37.6 Å². The van der Waals surface area contributed by atoms with Gasteiger partial charge in [0.1, 0.15) is 6.61 Å². The Morgan fingerprint density at radius 2 is 1.64 bits per heavy atom. The number of hydrogen-bond acceptors (Lipinski definition) is 4. The van der Waals surface area contributed by atoms with E-state index in [4.69, 9.17) is 9.47 Å². The first kappa shape index (κ1) is 21.7. The molecule has 0 aliphatic carbocycles. The Labute approximate surface area is 154 Å². The summed E-state index contributed by atoms with van der Waals surface area (Å²) in [5.74, 6) is -0.295. The molecular weight excluding hydrogens is 330 g/mol. The van der Waals surface area contributed by atoms with Gasteiger partial charge in [0.15, 0.2) is 0 Å². The highest BCUT2D eigenvalue weighted by Gasteiger charge is 2.25. The lowest BCUT2D eigenvalue weighted by molar-refractivity contribution is 0.0335. The van der Waals surface area contributed by atoms with Crippen LogP contribution in [0.2, 0.25) is 24.2 Å². The Hall–Kier alpha value is -1.33. The summed E-state index contributed by atoms with van der Waals surface area (Å²) >= 11 is 0. The molecule has 1 rings (SSSR count). The van der Waals surface area contributed by atoms with Crippen LogP contribution in [0.15, 0.2) is 24.3 Å². The highest BCUT2D eigenvalue weighted by atomic mass is 28.3. The Balaban J connectivity index is 2.35. The van der Waals surface area contributed by atoms with Gasteiger partial charge in [0.05, 0.1) is 20.2 Å². The molecule has 0 aliphatic heterocycles. The van der Waals surface area contributed by atoms with Crippen molar-refractivity contribution in [3.8, 4) is 0 Å². The molecule has 0 atom stereocenters. The maximum absolute atomic E-state index is 11.9. The third-order valence-electron chi connectivity index (χ3n) is 5.25. The van der Waals surface area contributed by atoms with E-state index in [0.29, 0.717) is 25.4 Å². The molecule has 1 aromatic rings. The van der Waals surface area contributed by atoms with Crippen molar-refractivity contribution >= 4 is 19.7 Å². The highest BCUT2D eigenvalue weighted by Crippen LogP contribution is 2.26. The van der Waals surface area contributed by atoms with E-state index in [-0.39, 0.29) is 5.97 Å². The number of hydrogen-bond donors (Lipinski definition) is 1. The van der Waals surface area contributed by atoms with Crippen LogP contribution in [0.3, 0.4) is 0 Å². The van der Waals surface area contributed by atoms with Crippen molar-refractivity contribution in [1.29, 1.82) is 0 Å². The third kappa shape index (κ3) is 7.61. The minimum absolute atomic E-state index is 0.295. The van der Waals surface area contributed by atoms with E-state index < -0.39 is 8.07 Å². The van der Waals surface area contributed by atoms with Gasteiger partial charge in [-0.2, -0.15) is 0 Å². The molecule has 0 aliphatic rings. The van der Waals surface area contributed by atoms with Gasteiger partial charge >= 0.3 is 5.97 Å². The van der Waals surface area contributed by atoms with E-state index >= 15 is 0 Å². The van der Waals surface area contributed by atoms with Crippen LogP contribution in [-0.2, 0) is 9.47 Å². The van der Waals surface area contributed by atoms with Crippen LogP contribution < -0.4 is 5.32 Å². The highest BCUT2D eigenvalue weighted by molar-refractivity contribution is 6.79. The normalized spacial score (nSPS) is 11.4. The number of esters is 1. The van der Waals surface area contributed by atoms with Gasteiger partial charge in [-0.1, -0.05) is 44.9 Å². The molecule has 1 aromatic carbocycles. The Morgan fingerprint density at radius 3 is 2.20 bits per heavy atom. The molecule has 0 amide bonds. The number of rotatable bonds is 13. The second-order valence-corrected chi connectivity index (χ2v) is 12.1. The Bertz CT molecular complexity index is 478. The molecule has 1 N–H and O–H groups in total. The summed E-state index contributed by atoms with van der Waals surface area (Å²) in [5, 5.41) is 3.47. The van der Waals surface area contributed by atoms with E-state index in [1.165, 1.54) is 30.6 Å². The molecule has 0 unspecified atom stereocenters. The summed E-state index contributed by atoms with van der Waals surface area (Å²) in [6, 6.07) is 13.1. The monoisotopic (exact) mass is 365 g/mol. The minimum atomic E-state index is -1.01. The summed E-state index contributed by atoms with van der Waals surface area (Å²) < 4.78 is 10.3. The fourth-order valence-electron chi connectivity index (χ4n) is 3.12. The van der Waals surface area contributed by atoms with E-state index in [1.807, 2.05) is 31.2 Å². The standard InChI is InChI=1S/C20H35NO3Si/c1-5-23-15-16-24-20(22)18-10-12-19(13-11-18)21-14-9-17-25(6-2,7-3)8-4/h10-13,21H,5-9,14-17H2,1-4H3. The maximum atomic E-state index is 11.9. The van der Waals surface area contributed by atoms with Crippen molar-refractivity contribution < 1.29 is 14.3 Å². The predicted molar refractivity (Wildman–Crippen MR) is 108 cm³/mol. The maximum Gasteiger partial charge on any atom is 0.338 e. The first-order chi connectivity index (χ1) is 12.1. The van der Waals surface area contributed by atoms with Crippen LogP contribution in [0.4, 0.5) is 5.69 Å². The molecule has 4 nitrogen and oxygen atoms in total. The summed E-state index contributed by atoms with van der Waals surface area (Å²) in [6.07, 6.45) is 1.23. The SMILES string of the molecule is CCOCCOC(=O)c1ccc(NCCC[Si](CC)(CC)CC)cc1. The van der Waals surface area contributed by atoms with Gasteiger partial charge in [-0.25, -0.2) is 4.79 Å². The van der Waals surface area contributed by atoms with Crippen molar-refractivity contribution in [2.24, 2.45) is 0 Å². The summed E-state index contributed by atoms with van der Waals surface area (Å²) in [5.41, 5.74) is 1.64. The predicted octanol–water partition coefficient (Wildman–Crippen LogP) is 5.19. The molecule has 0 saturated heterocycles. The van der Waals surface area contributed by atoms with Crippen LogP contribution in [0.25, 0.3) is 0 Å².